The number of aliphatic hydroxyl groups is 1. The molecular formula is C26H43NO3. The Morgan fingerprint density at radius 1 is 1.00 bits per heavy atom. The van der Waals surface area contributed by atoms with Gasteiger partial charge in [0.1, 0.15) is 0 Å². The number of esters is 1. The van der Waals surface area contributed by atoms with Crippen LogP contribution in [0.3, 0.4) is 0 Å². The summed E-state index contributed by atoms with van der Waals surface area (Å²) in [7, 11) is 1.57. The van der Waals surface area contributed by atoms with Crippen LogP contribution in [0.4, 0.5) is 0 Å². The first kappa shape index (κ1) is 21.2. The molecule has 0 aliphatic heterocycles. The quantitative estimate of drug-likeness (QED) is 0.654. The molecule has 0 amide bonds. The van der Waals surface area contributed by atoms with Gasteiger partial charge in [-0.1, -0.05) is 26.7 Å². The van der Waals surface area contributed by atoms with Crippen LogP contribution in [0.2, 0.25) is 0 Å². The van der Waals surface area contributed by atoms with Crippen LogP contribution in [0.15, 0.2) is 0 Å². The fourth-order valence-corrected chi connectivity index (χ4v) is 9.50. The summed E-state index contributed by atoms with van der Waals surface area (Å²) in [6.45, 7) is 4.99. The Hall–Kier alpha value is -0.610. The number of ether oxygens (including phenoxy) is 1. The minimum Gasteiger partial charge on any atom is -0.469 e. The molecule has 5 fully saturated rings. The summed E-state index contributed by atoms with van der Waals surface area (Å²) in [6, 6.07) is 1.17. The van der Waals surface area contributed by atoms with Crippen LogP contribution >= 0.6 is 0 Å². The van der Waals surface area contributed by atoms with Gasteiger partial charge in [0.2, 0.25) is 0 Å². The topological polar surface area (TPSA) is 58.6 Å². The predicted molar refractivity (Wildman–Crippen MR) is 118 cm³/mol. The lowest BCUT2D eigenvalue weighted by Crippen LogP contribution is -2.63. The highest BCUT2D eigenvalue weighted by atomic mass is 16.5. The zero-order valence-corrected chi connectivity index (χ0v) is 19.4. The molecule has 5 aliphatic carbocycles. The van der Waals surface area contributed by atoms with Crippen molar-refractivity contribution in [3.63, 3.8) is 0 Å². The SMILES string of the molecule is COC(=O)[C@H]1CC[C@H]2[C@@H]3CC[C@H]4C[C@H](O)CC[C@]4(C)[C@H]3[C@H](NC3CCCC3)C[C@]12C. The van der Waals surface area contributed by atoms with Crippen LogP contribution in [-0.2, 0) is 9.53 Å². The van der Waals surface area contributed by atoms with Gasteiger partial charge in [0.05, 0.1) is 19.1 Å². The van der Waals surface area contributed by atoms with Gasteiger partial charge in [0.25, 0.3) is 0 Å². The maximum Gasteiger partial charge on any atom is 0.309 e. The molecule has 9 atom stereocenters. The van der Waals surface area contributed by atoms with E-state index in [0.29, 0.717) is 41.2 Å². The van der Waals surface area contributed by atoms with Crippen molar-refractivity contribution in [2.24, 2.45) is 40.4 Å². The molecule has 0 bridgehead atoms. The van der Waals surface area contributed by atoms with Crippen molar-refractivity contribution in [1.82, 2.24) is 5.32 Å². The minimum atomic E-state index is -0.0927. The van der Waals surface area contributed by atoms with Crippen LogP contribution in [0.5, 0.6) is 0 Å². The Morgan fingerprint density at radius 2 is 1.77 bits per heavy atom. The lowest BCUT2D eigenvalue weighted by molar-refractivity contribution is -0.162. The van der Waals surface area contributed by atoms with E-state index >= 15 is 0 Å². The zero-order valence-electron chi connectivity index (χ0n) is 19.4. The van der Waals surface area contributed by atoms with Gasteiger partial charge in [-0.05, 0) is 98.7 Å². The lowest BCUT2D eigenvalue weighted by Gasteiger charge is -2.63. The summed E-state index contributed by atoms with van der Waals surface area (Å²) >= 11 is 0. The summed E-state index contributed by atoms with van der Waals surface area (Å²) in [5.41, 5.74) is 0.408. The van der Waals surface area contributed by atoms with Crippen molar-refractivity contribution >= 4 is 5.97 Å². The molecule has 30 heavy (non-hydrogen) atoms. The summed E-state index contributed by atoms with van der Waals surface area (Å²) in [6.07, 6.45) is 14.3. The van der Waals surface area contributed by atoms with Crippen molar-refractivity contribution in [1.29, 1.82) is 0 Å². The van der Waals surface area contributed by atoms with Crippen LogP contribution in [0, 0.1) is 40.4 Å². The van der Waals surface area contributed by atoms with Crippen LogP contribution in [0.25, 0.3) is 0 Å². The Balaban J connectivity index is 1.49. The second kappa shape index (κ2) is 7.76. The monoisotopic (exact) mass is 417 g/mol. The zero-order chi connectivity index (χ0) is 21.1. The molecule has 4 nitrogen and oxygen atoms in total. The number of hydrogen-bond acceptors (Lipinski definition) is 4. The molecule has 0 spiro atoms. The Bertz CT molecular complexity index is 661. The van der Waals surface area contributed by atoms with Crippen LogP contribution in [-0.4, -0.2) is 36.4 Å². The molecular weight excluding hydrogens is 374 g/mol. The van der Waals surface area contributed by atoms with Crippen molar-refractivity contribution in [3.8, 4) is 0 Å². The second-order valence-electron chi connectivity index (χ2n) is 12.1. The molecule has 0 unspecified atom stereocenters. The van der Waals surface area contributed by atoms with Crippen molar-refractivity contribution in [2.75, 3.05) is 7.11 Å². The fraction of sp³-hybridized carbons (Fsp3) is 0.962. The third-order valence-corrected chi connectivity index (χ3v) is 10.9. The standard InChI is InChI=1S/C26H43NO3/c1-25-13-12-18(28)14-16(25)8-9-19-20-10-11-21(24(29)30-3)26(20,2)15-22(23(19)25)27-17-6-4-5-7-17/h16-23,27-28H,4-15H2,1-3H3/t16-,18+,19-,20-,21+,22+,23+,25-,26-/m0/s1. The van der Waals surface area contributed by atoms with E-state index in [4.69, 9.17) is 4.74 Å². The molecule has 0 heterocycles. The minimum absolute atomic E-state index is 0.0266. The van der Waals surface area contributed by atoms with Gasteiger partial charge >= 0.3 is 5.97 Å². The summed E-state index contributed by atoms with van der Waals surface area (Å²) in [5.74, 6) is 2.82. The second-order valence-corrected chi connectivity index (χ2v) is 12.1. The van der Waals surface area contributed by atoms with Gasteiger partial charge in [-0.15, -0.1) is 0 Å². The smallest absolute Gasteiger partial charge is 0.309 e. The number of nitrogens with one attached hydrogen (secondary N) is 1. The van der Waals surface area contributed by atoms with Crippen molar-refractivity contribution in [2.45, 2.75) is 109 Å². The average molecular weight is 418 g/mol. The molecule has 0 aromatic carbocycles. The fourth-order valence-electron chi connectivity index (χ4n) is 9.50. The van der Waals surface area contributed by atoms with E-state index in [1.807, 2.05) is 0 Å². The number of methoxy groups -OCH3 is 1. The van der Waals surface area contributed by atoms with Gasteiger partial charge in [-0.3, -0.25) is 4.79 Å². The van der Waals surface area contributed by atoms with E-state index < -0.39 is 0 Å². The van der Waals surface area contributed by atoms with Gasteiger partial charge < -0.3 is 15.2 Å². The summed E-state index contributed by atoms with van der Waals surface area (Å²) in [5, 5.41) is 14.6. The number of rotatable bonds is 3. The molecule has 0 radical (unpaired) electrons. The first-order valence-electron chi connectivity index (χ1n) is 12.9. The highest BCUT2D eigenvalue weighted by Gasteiger charge is 2.64. The Labute approximate surface area is 182 Å². The third-order valence-electron chi connectivity index (χ3n) is 10.9. The van der Waals surface area contributed by atoms with Crippen molar-refractivity contribution < 1.29 is 14.6 Å². The maximum atomic E-state index is 12.7. The molecule has 4 heteroatoms. The maximum absolute atomic E-state index is 12.7. The number of carbonyl (C=O) groups is 1. The molecule has 5 aliphatic rings. The van der Waals surface area contributed by atoms with Gasteiger partial charge in [-0.2, -0.15) is 0 Å². The van der Waals surface area contributed by atoms with Crippen molar-refractivity contribution in [3.05, 3.63) is 0 Å². The van der Waals surface area contributed by atoms with Gasteiger partial charge in [0, 0.05) is 12.1 Å². The van der Waals surface area contributed by atoms with Gasteiger partial charge in [-0.25, -0.2) is 0 Å². The number of aliphatic hydroxyl groups excluding tert-OH is 1. The normalized spacial score (nSPS) is 51.1. The highest BCUT2D eigenvalue weighted by Crippen LogP contribution is 2.67. The number of hydrogen-bond donors (Lipinski definition) is 2. The number of fused-ring (bicyclic) bond motifs is 5. The predicted octanol–water partition coefficient (Wildman–Crippen LogP) is 4.69. The average Bonchev–Trinajstić information content (AvgIpc) is 3.34. The Kier molecular flexibility index (Phi) is 5.50. The van der Waals surface area contributed by atoms with E-state index in [2.05, 4.69) is 19.2 Å². The summed E-state index contributed by atoms with van der Waals surface area (Å²) < 4.78 is 5.28. The highest BCUT2D eigenvalue weighted by molar-refractivity contribution is 5.74. The van der Waals surface area contributed by atoms with E-state index in [1.54, 1.807) is 7.11 Å². The van der Waals surface area contributed by atoms with E-state index in [9.17, 15) is 9.90 Å². The Morgan fingerprint density at radius 3 is 2.50 bits per heavy atom. The van der Waals surface area contributed by atoms with E-state index in [-0.39, 0.29) is 23.4 Å². The largest absolute Gasteiger partial charge is 0.469 e. The molecule has 2 N–H and O–H groups in total. The first-order chi connectivity index (χ1) is 14.4. The molecule has 5 saturated carbocycles. The lowest BCUT2D eigenvalue weighted by atomic mass is 9.43. The first-order valence-corrected chi connectivity index (χ1v) is 12.9. The molecule has 0 aromatic heterocycles. The summed E-state index contributed by atoms with van der Waals surface area (Å²) in [4.78, 5) is 12.7. The van der Waals surface area contributed by atoms with E-state index in [0.717, 1.165) is 25.7 Å². The van der Waals surface area contributed by atoms with Gasteiger partial charge in [0.15, 0.2) is 0 Å². The molecule has 0 saturated heterocycles. The van der Waals surface area contributed by atoms with Crippen LogP contribution in [0.1, 0.15) is 90.9 Å². The molecule has 170 valence electrons. The van der Waals surface area contributed by atoms with E-state index in [1.165, 1.54) is 51.4 Å². The third kappa shape index (κ3) is 3.18. The molecule has 0 aromatic rings. The number of carbonyl (C=O) groups excluding carboxylic acids is 1. The van der Waals surface area contributed by atoms with Crippen LogP contribution < -0.4 is 5.32 Å². The molecule has 5 rings (SSSR count).